The molecule has 140 valence electrons. The van der Waals surface area contributed by atoms with E-state index in [4.69, 9.17) is 0 Å². The lowest BCUT2D eigenvalue weighted by atomic mass is 10.2. The van der Waals surface area contributed by atoms with Gasteiger partial charge in [0.2, 0.25) is 0 Å². The van der Waals surface area contributed by atoms with Crippen molar-refractivity contribution in [1.29, 1.82) is 0 Å². The molecular formula is C21H18N4O2S. The Morgan fingerprint density at radius 1 is 1.11 bits per heavy atom. The number of aryl methyl sites for hydroxylation is 2. The minimum absolute atomic E-state index is 0.143. The third kappa shape index (κ3) is 3.44. The van der Waals surface area contributed by atoms with Gasteiger partial charge in [-0.2, -0.15) is 0 Å². The summed E-state index contributed by atoms with van der Waals surface area (Å²) in [4.78, 5) is 35.3. The van der Waals surface area contributed by atoms with Crippen LogP contribution in [0, 0.1) is 13.8 Å². The van der Waals surface area contributed by atoms with E-state index < -0.39 is 0 Å². The van der Waals surface area contributed by atoms with Crippen LogP contribution in [0.5, 0.6) is 0 Å². The zero-order valence-corrected chi connectivity index (χ0v) is 16.3. The van der Waals surface area contributed by atoms with Crippen molar-refractivity contribution in [1.82, 2.24) is 14.5 Å². The average molecular weight is 390 g/mol. The van der Waals surface area contributed by atoms with Crippen LogP contribution in [-0.2, 0) is 6.54 Å². The van der Waals surface area contributed by atoms with Gasteiger partial charge in [-0.05, 0) is 36.6 Å². The van der Waals surface area contributed by atoms with Crippen LogP contribution >= 0.6 is 11.3 Å². The van der Waals surface area contributed by atoms with Crippen molar-refractivity contribution >= 4 is 33.3 Å². The zero-order chi connectivity index (χ0) is 19.7. The molecule has 0 spiro atoms. The predicted octanol–water partition coefficient (Wildman–Crippen LogP) is 3.77. The first-order chi connectivity index (χ1) is 13.5. The second-order valence-electron chi connectivity index (χ2n) is 6.57. The lowest BCUT2D eigenvalue weighted by molar-refractivity contribution is 0.102. The van der Waals surface area contributed by atoms with Crippen LogP contribution in [0.1, 0.15) is 26.4 Å². The fraction of sp³-hybridized carbons (Fsp3) is 0.143. The van der Waals surface area contributed by atoms with E-state index in [-0.39, 0.29) is 11.5 Å². The van der Waals surface area contributed by atoms with E-state index in [1.165, 1.54) is 17.7 Å². The highest BCUT2D eigenvalue weighted by Gasteiger charge is 2.20. The lowest BCUT2D eigenvalue weighted by Crippen LogP contribution is -2.21. The number of pyridine rings is 1. The van der Waals surface area contributed by atoms with Crippen LogP contribution in [0.15, 0.2) is 59.8 Å². The normalized spacial score (nSPS) is 10.9. The Bertz CT molecular complexity index is 1210. The van der Waals surface area contributed by atoms with Crippen molar-refractivity contribution in [3.63, 3.8) is 0 Å². The number of benzene rings is 1. The zero-order valence-electron chi connectivity index (χ0n) is 15.5. The summed E-state index contributed by atoms with van der Waals surface area (Å²) in [5.74, 6) is 0.188. The van der Waals surface area contributed by atoms with Crippen LogP contribution in [0.3, 0.4) is 0 Å². The van der Waals surface area contributed by atoms with Crippen molar-refractivity contribution in [2.75, 3.05) is 5.32 Å². The number of carbonyl (C=O) groups is 1. The van der Waals surface area contributed by atoms with Gasteiger partial charge in [-0.15, -0.1) is 11.3 Å². The maximum absolute atomic E-state index is 13.0. The van der Waals surface area contributed by atoms with Crippen LogP contribution in [0.2, 0.25) is 0 Å². The third-order valence-corrected chi connectivity index (χ3v) is 5.67. The van der Waals surface area contributed by atoms with E-state index in [1.807, 2.05) is 43.3 Å². The second-order valence-corrected chi connectivity index (χ2v) is 7.57. The molecular weight excluding hydrogens is 372 g/mol. The maximum atomic E-state index is 13.0. The fourth-order valence-electron chi connectivity index (χ4n) is 2.98. The summed E-state index contributed by atoms with van der Waals surface area (Å²) < 4.78 is 1.57. The third-order valence-electron chi connectivity index (χ3n) is 4.47. The minimum Gasteiger partial charge on any atom is -0.306 e. The molecule has 1 N–H and O–H groups in total. The molecule has 0 fully saturated rings. The maximum Gasteiger partial charge on any atom is 0.267 e. The molecule has 0 aliphatic rings. The quantitative estimate of drug-likeness (QED) is 0.575. The summed E-state index contributed by atoms with van der Waals surface area (Å²) in [6.45, 7) is 4.15. The summed E-state index contributed by atoms with van der Waals surface area (Å²) in [6.07, 6.45) is 3.23. The molecule has 0 atom stereocenters. The number of anilines is 1. The molecule has 0 unspecified atom stereocenters. The van der Waals surface area contributed by atoms with Gasteiger partial charge in [0.25, 0.3) is 11.5 Å². The molecule has 0 bridgehead atoms. The fourth-order valence-corrected chi connectivity index (χ4v) is 4.02. The molecule has 0 saturated heterocycles. The number of aromatic nitrogens is 3. The Kier molecular flexibility index (Phi) is 4.75. The summed E-state index contributed by atoms with van der Waals surface area (Å²) in [5.41, 5.74) is 2.53. The highest BCUT2D eigenvalue weighted by Crippen LogP contribution is 2.27. The van der Waals surface area contributed by atoms with E-state index in [0.29, 0.717) is 33.0 Å². The van der Waals surface area contributed by atoms with E-state index in [1.54, 1.807) is 23.8 Å². The number of hydrogen-bond acceptors (Lipinski definition) is 5. The van der Waals surface area contributed by atoms with Gasteiger partial charge in [0, 0.05) is 6.20 Å². The number of nitrogens with zero attached hydrogens (tertiary/aromatic N) is 3. The van der Waals surface area contributed by atoms with Crippen molar-refractivity contribution < 1.29 is 4.79 Å². The average Bonchev–Trinajstić information content (AvgIpc) is 3.04. The first-order valence-corrected chi connectivity index (χ1v) is 9.61. The van der Waals surface area contributed by atoms with Crippen molar-refractivity contribution in [3.8, 4) is 0 Å². The number of carbonyl (C=O) groups excluding carboxylic acids is 1. The summed E-state index contributed by atoms with van der Waals surface area (Å²) in [6, 6.07) is 13.4. The number of amides is 1. The first-order valence-electron chi connectivity index (χ1n) is 8.79. The largest absolute Gasteiger partial charge is 0.306 e. The summed E-state index contributed by atoms with van der Waals surface area (Å²) >= 11 is 1.22. The standard InChI is InChI=1S/C21H18N4O2S/c1-13-8-9-16(22-10-13)24-19(26)18-14(2)17-20(28-18)23-12-25(21(17)27)11-15-6-4-3-5-7-15/h3-10,12H,11H2,1-2H3,(H,22,24,26). The summed E-state index contributed by atoms with van der Waals surface area (Å²) in [5, 5.41) is 3.28. The first kappa shape index (κ1) is 18.1. The smallest absolute Gasteiger partial charge is 0.267 e. The predicted molar refractivity (Wildman–Crippen MR) is 111 cm³/mol. The van der Waals surface area contributed by atoms with Crippen molar-refractivity contribution in [2.24, 2.45) is 0 Å². The Hall–Kier alpha value is -3.32. The van der Waals surface area contributed by atoms with Crippen molar-refractivity contribution in [3.05, 3.63) is 86.9 Å². The molecule has 7 heteroatoms. The number of nitrogens with one attached hydrogen (secondary N) is 1. The van der Waals surface area contributed by atoms with Crippen molar-refractivity contribution in [2.45, 2.75) is 20.4 Å². The topological polar surface area (TPSA) is 76.9 Å². The van der Waals surface area contributed by atoms with Gasteiger partial charge in [-0.25, -0.2) is 9.97 Å². The van der Waals surface area contributed by atoms with Gasteiger partial charge in [0.05, 0.1) is 23.1 Å². The molecule has 3 aromatic heterocycles. The van der Waals surface area contributed by atoms with Gasteiger partial charge in [0.15, 0.2) is 0 Å². The van der Waals surface area contributed by atoms with E-state index >= 15 is 0 Å². The number of thiophene rings is 1. The van der Waals surface area contributed by atoms with Gasteiger partial charge in [-0.3, -0.25) is 14.2 Å². The molecule has 4 aromatic rings. The molecule has 6 nitrogen and oxygen atoms in total. The minimum atomic E-state index is -0.286. The Morgan fingerprint density at radius 2 is 1.89 bits per heavy atom. The highest BCUT2D eigenvalue weighted by molar-refractivity contribution is 7.20. The molecule has 28 heavy (non-hydrogen) atoms. The highest BCUT2D eigenvalue weighted by atomic mass is 32.1. The van der Waals surface area contributed by atoms with E-state index in [2.05, 4.69) is 15.3 Å². The number of rotatable bonds is 4. The molecule has 0 saturated carbocycles. The molecule has 0 aliphatic heterocycles. The Morgan fingerprint density at radius 3 is 2.61 bits per heavy atom. The lowest BCUT2D eigenvalue weighted by Gasteiger charge is -2.05. The second kappa shape index (κ2) is 7.36. The Balaban J connectivity index is 1.68. The number of fused-ring (bicyclic) bond motifs is 1. The van der Waals surface area contributed by atoms with Gasteiger partial charge < -0.3 is 5.32 Å². The monoisotopic (exact) mass is 390 g/mol. The molecule has 1 amide bonds. The molecule has 0 radical (unpaired) electrons. The SMILES string of the molecule is Cc1ccc(NC(=O)c2sc3ncn(Cc4ccccc4)c(=O)c3c2C)nc1. The molecule has 4 rings (SSSR count). The van der Waals surface area contributed by atoms with Crippen LogP contribution < -0.4 is 10.9 Å². The van der Waals surface area contributed by atoms with Crippen LogP contribution in [0.25, 0.3) is 10.2 Å². The number of hydrogen-bond donors (Lipinski definition) is 1. The van der Waals surface area contributed by atoms with Gasteiger partial charge >= 0.3 is 0 Å². The van der Waals surface area contributed by atoms with Crippen LogP contribution in [-0.4, -0.2) is 20.4 Å². The van der Waals surface area contributed by atoms with Gasteiger partial charge in [-0.1, -0.05) is 36.4 Å². The van der Waals surface area contributed by atoms with Crippen LogP contribution in [0.4, 0.5) is 5.82 Å². The molecule has 1 aromatic carbocycles. The van der Waals surface area contributed by atoms with E-state index in [0.717, 1.165) is 11.1 Å². The Labute approximate surface area is 165 Å². The molecule has 3 heterocycles. The summed E-state index contributed by atoms with van der Waals surface area (Å²) in [7, 11) is 0. The van der Waals surface area contributed by atoms with Gasteiger partial charge in [0.1, 0.15) is 10.6 Å². The van der Waals surface area contributed by atoms with E-state index in [9.17, 15) is 9.59 Å². The molecule has 0 aliphatic carbocycles.